The third-order valence-corrected chi connectivity index (χ3v) is 4.55. The number of nitrogens with one attached hydrogen (secondary N) is 1. The maximum absolute atomic E-state index is 11.2. The fourth-order valence-electron chi connectivity index (χ4n) is 3.35. The van der Waals surface area contributed by atoms with Crippen LogP contribution in [0.15, 0.2) is 48.7 Å². The molecule has 0 fully saturated rings. The third kappa shape index (κ3) is 7.69. The Morgan fingerprint density at radius 2 is 2.00 bits per heavy atom. The first-order valence-corrected chi connectivity index (χ1v) is 9.59. The molecule has 0 amide bonds. The molecule has 146 valence electrons. The highest BCUT2D eigenvalue weighted by Crippen LogP contribution is 2.32. The average molecular weight is 370 g/mol. The molecule has 0 aliphatic carbocycles. The monoisotopic (exact) mass is 370 g/mol. The molecule has 0 radical (unpaired) electrons. The first-order chi connectivity index (χ1) is 13.0. The topological polar surface area (TPSA) is 71.5 Å². The van der Waals surface area contributed by atoms with Crippen LogP contribution in [0, 0.1) is 5.41 Å². The summed E-state index contributed by atoms with van der Waals surface area (Å²) in [6, 6.07) is 13.8. The van der Waals surface area contributed by atoms with E-state index in [1.165, 1.54) is 0 Å². The summed E-state index contributed by atoms with van der Waals surface area (Å²) in [5.41, 5.74) is 0.941. The number of nitrogens with zero attached hydrogens (tertiary/aromatic N) is 1. The molecule has 1 heterocycles. The smallest absolute Gasteiger partial charge is 0.303 e. The van der Waals surface area contributed by atoms with Crippen molar-refractivity contribution in [2.45, 2.75) is 46.0 Å². The Morgan fingerprint density at radius 1 is 1.22 bits per heavy atom. The van der Waals surface area contributed by atoms with E-state index in [0.717, 1.165) is 49.4 Å². The Hall–Kier alpha value is -2.56. The minimum Gasteiger partial charge on any atom is -0.494 e. The quantitative estimate of drug-likeness (QED) is 0.526. The molecule has 0 aliphatic heterocycles. The van der Waals surface area contributed by atoms with Crippen molar-refractivity contribution in [2.24, 2.45) is 5.41 Å². The number of pyridine rings is 1. The lowest BCUT2D eigenvalue weighted by Gasteiger charge is -2.27. The van der Waals surface area contributed by atoms with Crippen molar-refractivity contribution in [3.8, 4) is 5.75 Å². The van der Waals surface area contributed by atoms with Crippen molar-refractivity contribution in [2.75, 3.05) is 18.5 Å². The minimum absolute atomic E-state index is 0.197. The molecule has 0 spiro atoms. The zero-order chi connectivity index (χ0) is 19.5. The standard InChI is InChI=1S/C22H30N2O3/c1-3-12-22(2,17-21(25)26)16-18-8-10-19(11-9-18)27-15-6-14-24-20-7-4-5-13-23-20/h4-5,7-11,13H,3,6,12,14-17H2,1-2H3,(H,23,24)(H,25,26). The van der Waals surface area contributed by atoms with E-state index >= 15 is 0 Å². The molecule has 0 saturated carbocycles. The minimum atomic E-state index is -0.731. The van der Waals surface area contributed by atoms with Crippen LogP contribution in [0.2, 0.25) is 0 Å². The summed E-state index contributed by atoms with van der Waals surface area (Å²) in [6.07, 6.45) is 5.50. The van der Waals surface area contributed by atoms with Gasteiger partial charge in [0, 0.05) is 12.7 Å². The molecule has 1 aromatic carbocycles. The molecule has 2 rings (SSSR count). The van der Waals surface area contributed by atoms with E-state index in [0.29, 0.717) is 6.61 Å². The number of anilines is 1. The van der Waals surface area contributed by atoms with Gasteiger partial charge in [-0.05, 0) is 54.5 Å². The van der Waals surface area contributed by atoms with Gasteiger partial charge in [-0.3, -0.25) is 4.79 Å². The zero-order valence-corrected chi connectivity index (χ0v) is 16.3. The normalized spacial score (nSPS) is 13.0. The van der Waals surface area contributed by atoms with E-state index in [2.05, 4.69) is 24.1 Å². The van der Waals surface area contributed by atoms with Crippen LogP contribution in [0.3, 0.4) is 0 Å². The highest BCUT2D eigenvalue weighted by Gasteiger charge is 2.26. The van der Waals surface area contributed by atoms with E-state index < -0.39 is 5.97 Å². The lowest BCUT2D eigenvalue weighted by molar-refractivity contribution is -0.139. The maximum Gasteiger partial charge on any atom is 0.303 e. The largest absolute Gasteiger partial charge is 0.494 e. The number of aliphatic carboxylic acids is 1. The zero-order valence-electron chi connectivity index (χ0n) is 16.3. The lowest BCUT2D eigenvalue weighted by Crippen LogP contribution is -2.23. The molecular weight excluding hydrogens is 340 g/mol. The van der Waals surface area contributed by atoms with Gasteiger partial charge in [0.2, 0.25) is 0 Å². The second kappa shape index (κ2) is 10.6. The van der Waals surface area contributed by atoms with Crippen molar-refractivity contribution in [1.82, 2.24) is 4.98 Å². The number of benzene rings is 1. The molecule has 0 saturated heterocycles. The Balaban J connectivity index is 1.76. The molecule has 1 unspecified atom stereocenters. The second-order valence-electron chi connectivity index (χ2n) is 7.30. The van der Waals surface area contributed by atoms with Gasteiger partial charge in [-0.2, -0.15) is 0 Å². The number of hydrogen-bond donors (Lipinski definition) is 2. The molecule has 1 atom stereocenters. The third-order valence-electron chi connectivity index (χ3n) is 4.55. The Morgan fingerprint density at radius 3 is 2.63 bits per heavy atom. The number of carboxylic acids is 1. The van der Waals surface area contributed by atoms with Crippen LogP contribution in [0.1, 0.15) is 45.1 Å². The van der Waals surface area contributed by atoms with Gasteiger partial charge in [-0.1, -0.05) is 38.5 Å². The first-order valence-electron chi connectivity index (χ1n) is 9.59. The summed E-state index contributed by atoms with van der Waals surface area (Å²) in [5.74, 6) is 0.982. The Kier molecular flexibility index (Phi) is 8.11. The van der Waals surface area contributed by atoms with Crippen LogP contribution in [-0.2, 0) is 11.2 Å². The molecule has 0 bridgehead atoms. The highest BCUT2D eigenvalue weighted by molar-refractivity contribution is 5.67. The Labute approximate surface area is 161 Å². The van der Waals surface area contributed by atoms with Gasteiger partial charge in [0.1, 0.15) is 11.6 Å². The predicted octanol–water partition coefficient (Wildman–Crippen LogP) is 4.79. The Bertz CT molecular complexity index is 688. The van der Waals surface area contributed by atoms with Gasteiger partial charge in [0.05, 0.1) is 13.0 Å². The number of hydrogen-bond acceptors (Lipinski definition) is 4. The van der Waals surface area contributed by atoms with E-state index in [4.69, 9.17) is 4.74 Å². The number of carboxylic acid groups (broad SMARTS) is 1. The van der Waals surface area contributed by atoms with E-state index in [9.17, 15) is 9.90 Å². The van der Waals surface area contributed by atoms with Crippen LogP contribution < -0.4 is 10.1 Å². The molecule has 1 aromatic heterocycles. The van der Waals surface area contributed by atoms with E-state index in [-0.39, 0.29) is 11.8 Å². The molecule has 2 aromatic rings. The number of aromatic nitrogens is 1. The van der Waals surface area contributed by atoms with Crippen molar-refractivity contribution in [3.63, 3.8) is 0 Å². The summed E-state index contributed by atoms with van der Waals surface area (Å²) in [4.78, 5) is 15.4. The van der Waals surface area contributed by atoms with Gasteiger partial charge in [0.15, 0.2) is 0 Å². The summed E-state index contributed by atoms with van der Waals surface area (Å²) >= 11 is 0. The van der Waals surface area contributed by atoms with Crippen LogP contribution in [0.4, 0.5) is 5.82 Å². The maximum atomic E-state index is 11.2. The van der Waals surface area contributed by atoms with Crippen LogP contribution in [0.25, 0.3) is 0 Å². The summed E-state index contributed by atoms with van der Waals surface area (Å²) in [7, 11) is 0. The molecule has 0 aliphatic rings. The molecule has 2 N–H and O–H groups in total. The highest BCUT2D eigenvalue weighted by atomic mass is 16.5. The fraction of sp³-hybridized carbons (Fsp3) is 0.455. The predicted molar refractivity (Wildman–Crippen MR) is 108 cm³/mol. The second-order valence-corrected chi connectivity index (χ2v) is 7.30. The van der Waals surface area contributed by atoms with Gasteiger partial charge in [0.25, 0.3) is 0 Å². The van der Waals surface area contributed by atoms with Crippen LogP contribution >= 0.6 is 0 Å². The van der Waals surface area contributed by atoms with Gasteiger partial charge in [-0.25, -0.2) is 4.98 Å². The van der Waals surface area contributed by atoms with Crippen LogP contribution in [-0.4, -0.2) is 29.2 Å². The lowest BCUT2D eigenvalue weighted by atomic mass is 9.77. The summed E-state index contributed by atoms with van der Waals surface area (Å²) in [5, 5.41) is 12.4. The summed E-state index contributed by atoms with van der Waals surface area (Å²) < 4.78 is 5.79. The number of carbonyl (C=O) groups is 1. The average Bonchev–Trinajstić information content (AvgIpc) is 2.63. The molecular formula is C22H30N2O3. The van der Waals surface area contributed by atoms with Gasteiger partial charge in [-0.15, -0.1) is 0 Å². The van der Waals surface area contributed by atoms with Gasteiger partial charge < -0.3 is 15.2 Å². The van der Waals surface area contributed by atoms with Crippen molar-refractivity contribution < 1.29 is 14.6 Å². The molecule has 5 heteroatoms. The van der Waals surface area contributed by atoms with Crippen LogP contribution in [0.5, 0.6) is 5.75 Å². The SMILES string of the molecule is CCCC(C)(CC(=O)O)Cc1ccc(OCCCNc2ccccn2)cc1. The van der Waals surface area contributed by atoms with E-state index in [1.54, 1.807) is 6.20 Å². The van der Waals surface area contributed by atoms with Crippen molar-refractivity contribution in [1.29, 1.82) is 0 Å². The van der Waals surface area contributed by atoms with Gasteiger partial charge >= 0.3 is 5.97 Å². The molecule has 5 nitrogen and oxygen atoms in total. The number of rotatable bonds is 12. The fourth-order valence-corrected chi connectivity index (χ4v) is 3.35. The number of ether oxygens (including phenoxy) is 1. The van der Waals surface area contributed by atoms with Crippen molar-refractivity contribution >= 4 is 11.8 Å². The summed E-state index contributed by atoms with van der Waals surface area (Å²) in [6.45, 7) is 5.59. The van der Waals surface area contributed by atoms with E-state index in [1.807, 2.05) is 42.5 Å². The first kappa shape index (κ1) is 20.7. The van der Waals surface area contributed by atoms with Crippen molar-refractivity contribution in [3.05, 3.63) is 54.2 Å². The molecule has 27 heavy (non-hydrogen) atoms.